The molecule has 2 amide bonds. The van der Waals surface area contributed by atoms with Gasteiger partial charge in [0.05, 0.1) is 22.5 Å². The number of aromatic nitrogens is 2. The molecule has 8 heteroatoms. The van der Waals surface area contributed by atoms with Gasteiger partial charge >= 0.3 is 11.8 Å². The molecule has 164 valence electrons. The third-order valence-corrected chi connectivity index (χ3v) is 8.36. The molecule has 2 heterocycles. The summed E-state index contributed by atoms with van der Waals surface area (Å²) in [5.41, 5.74) is 6.92. The van der Waals surface area contributed by atoms with Crippen LogP contribution in [0.4, 0.5) is 4.79 Å². The molecule has 6 atom stereocenters. The van der Waals surface area contributed by atoms with E-state index in [4.69, 9.17) is 10.5 Å². The van der Waals surface area contributed by atoms with Crippen LogP contribution in [0.2, 0.25) is 0 Å². The van der Waals surface area contributed by atoms with Crippen molar-refractivity contribution in [3.05, 3.63) is 34.7 Å². The summed E-state index contributed by atoms with van der Waals surface area (Å²) < 4.78 is 7.82. The van der Waals surface area contributed by atoms with Gasteiger partial charge in [-0.2, -0.15) is 0 Å². The highest BCUT2D eigenvalue weighted by molar-refractivity contribution is 5.81. The predicted molar refractivity (Wildman–Crippen MR) is 113 cm³/mol. The number of likely N-dealkylation sites (tertiary alicyclic amines) is 1. The maximum Gasteiger partial charge on any atom is 0.410 e. The van der Waals surface area contributed by atoms with Crippen molar-refractivity contribution in [2.75, 3.05) is 13.1 Å². The van der Waals surface area contributed by atoms with Gasteiger partial charge in [0, 0.05) is 13.1 Å². The monoisotopic (exact) mass is 424 g/mol. The van der Waals surface area contributed by atoms with Crippen LogP contribution in [-0.2, 0) is 9.53 Å². The van der Waals surface area contributed by atoms with Gasteiger partial charge in [0.2, 0.25) is 5.91 Å². The van der Waals surface area contributed by atoms with Crippen molar-refractivity contribution in [3.63, 3.8) is 0 Å². The normalized spacial score (nSPS) is 36.3. The molecule has 5 unspecified atom stereocenters. The van der Waals surface area contributed by atoms with Crippen LogP contribution in [0.1, 0.15) is 44.6 Å². The summed E-state index contributed by atoms with van der Waals surface area (Å²) in [6.45, 7) is 1.04. The van der Waals surface area contributed by atoms with E-state index in [-0.39, 0.29) is 47.1 Å². The highest BCUT2D eigenvalue weighted by Gasteiger charge is 2.59. The summed E-state index contributed by atoms with van der Waals surface area (Å²) in [6, 6.07) is 7.57. The van der Waals surface area contributed by atoms with Gasteiger partial charge in [0.1, 0.15) is 6.10 Å². The van der Waals surface area contributed by atoms with E-state index in [0.717, 1.165) is 49.6 Å². The maximum atomic E-state index is 13.0. The molecular weight excluding hydrogens is 396 g/mol. The smallest absolute Gasteiger partial charge is 0.410 e. The van der Waals surface area contributed by atoms with E-state index in [1.165, 1.54) is 0 Å². The second-order valence-corrected chi connectivity index (χ2v) is 10.2. The van der Waals surface area contributed by atoms with E-state index >= 15 is 0 Å². The minimum Gasteiger partial charge on any atom is -0.446 e. The lowest BCUT2D eigenvalue weighted by atomic mass is 9.48. The Morgan fingerprint density at radius 1 is 1.13 bits per heavy atom. The molecule has 7 rings (SSSR count). The van der Waals surface area contributed by atoms with Gasteiger partial charge in [0.15, 0.2) is 0 Å². The van der Waals surface area contributed by atoms with Crippen LogP contribution in [0.15, 0.2) is 29.1 Å². The first-order valence-corrected chi connectivity index (χ1v) is 11.4. The number of fused-ring (bicyclic) bond motifs is 1. The molecule has 1 aromatic heterocycles. The van der Waals surface area contributed by atoms with Crippen LogP contribution < -0.4 is 11.4 Å². The lowest BCUT2D eigenvalue weighted by molar-refractivity contribution is -0.161. The summed E-state index contributed by atoms with van der Waals surface area (Å²) in [5, 5.41) is 0. The number of carbonyl (C=O) groups is 2. The average Bonchev–Trinajstić information content (AvgIpc) is 3.33. The van der Waals surface area contributed by atoms with E-state index in [2.05, 4.69) is 4.98 Å². The molecule has 31 heavy (non-hydrogen) atoms. The first kappa shape index (κ1) is 19.0. The van der Waals surface area contributed by atoms with Gasteiger partial charge in [-0.25, -0.2) is 9.59 Å². The molecule has 8 nitrogen and oxygen atoms in total. The van der Waals surface area contributed by atoms with Crippen molar-refractivity contribution in [1.29, 1.82) is 0 Å². The van der Waals surface area contributed by atoms with Crippen LogP contribution in [0, 0.1) is 23.2 Å². The molecule has 3 N–H and O–H groups in total. The molecule has 5 aliphatic rings. The number of carbonyl (C=O) groups excluding carboxylic acids is 2. The van der Waals surface area contributed by atoms with Crippen molar-refractivity contribution in [3.8, 4) is 0 Å². The number of aromatic amines is 1. The van der Waals surface area contributed by atoms with Gasteiger partial charge < -0.3 is 20.4 Å². The molecule has 1 saturated heterocycles. The van der Waals surface area contributed by atoms with E-state index in [1.54, 1.807) is 9.47 Å². The number of nitrogens with one attached hydrogen (secondary N) is 1. The largest absolute Gasteiger partial charge is 0.446 e. The first-order chi connectivity index (χ1) is 14.9. The number of primary amides is 1. The zero-order valence-electron chi connectivity index (χ0n) is 17.5. The van der Waals surface area contributed by atoms with Crippen LogP contribution in [0.25, 0.3) is 11.0 Å². The second kappa shape index (κ2) is 6.61. The van der Waals surface area contributed by atoms with Crippen molar-refractivity contribution in [2.45, 2.75) is 50.7 Å². The van der Waals surface area contributed by atoms with Crippen LogP contribution in [0.3, 0.4) is 0 Å². The lowest BCUT2D eigenvalue weighted by Gasteiger charge is -2.58. The van der Waals surface area contributed by atoms with Gasteiger partial charge in [-0.3, -0.25) is 9.36 Å². The summed E-state index contributed by atoms with van der Waals surface area (Å²) in [4.78, 5) is 42.3. The number of benzene rings is 1. The Labute approximate surface area is 179 Å². The highest BCUT2D eigenvalue weighted by Crippen LogP contribution is 2.60. The third-order valence-electron chi connectivity index (χ3n) is 8.36. The van der Waals surface area contributed by atoms with Crippen molar-refractivity contribution in [1.82, 2.24) is 14.5 Å². The highest BCUT2D eigenvalue weighted by atomic mass is 16.6. The van der Waals surface area contributed by atoms with Gasteiger partial charge in [-0.05, 0) is 68.4 Å². The van der Waals surface area contributed by atoms with Gasteiger partial charge in [-0.1, -0.05) is 12.1 Å². The number of H-pyrrole nitrogens is 1. The Bertz CT molecular complexity index is 1100. The van der Waals surface area contributed by atoms with Crippen molar-refractivity contribution < 1.29 is 14.3 Å². The van der Waals surface area contributed by atoms with Crippen LogP contribution in [-0.4, -0.2) is 45.6 Å². The Morgan fingerprint density at radius 3 is 2.61 bits per heavy atom. The fraction of sp³-hybridized carbons (Fsp3) is 0.609. The van der Waals surface area contributed by atoms with E-state index in [1.807, 2.05) is 24.3 Å². The summed E-state index contributed by atoms with van der Waals surface area (Å²) in [6.07, 6.45) is 4.77. The number of para-hydroxylation sites is 2. The standard InChI is InChI=1S/C23H28N4O4/c24-20(28)23-9-13-7-14(10-23)19(15(8-13)11-23)31-22(30)26-6-5-16(12-26)27-18-4-2-1-3-17(18)25-21(27)29/h1-4,13-16,19H,5-12H2,(H2,24,28)(H,25,29)/t13?,14-,15?,16?,19?,23?/m0/s1. The Morgan fingerprint density at radius 2 is 1.87 bits per heavy atom. The number of ether oxygens (including phenoxy) is 1. The SMILES string of the molecule is NC(=O)C12CC3CC(C1)C(OC(=O)N1CCC(n4c(=O)[nH]c5ccccc54)C1)[C@@H](C3)C2. The number of rotatable bonds is 3. The predicted octanol–water partition coefficient (Wildman–Crippen LogP) is 2.39. The fourth-order valence-corrected chi connectivity index (χ4v) is 7.22. The number of hydrogen-bond acceptors (Lipinski definition) is 4. The Kier molecular flexibility index (Phi) is 4.04. The topological polar surface area (TPSA) is 110 Å². The molecular formula is C23H28N4O4. The molecule has 1 aliphatic heterocycles. The Hall–Kier alpha value is -2.77. The van der Waals surface area contributed by atoms with Gasteiger partial charge in [0.25, 0.3) is 0 Å². The van der Waals surface area contributed by atoms with Crippen molar-refractivity contribution in [2.24, 2.45) is 28.9 Å². The number of hydrogen-bond donors (Lipinski definition) is 2. The minimum absolute atomic E-state index is 0.0622. The molecule has 4 aliphatic carbocycles. The zero-order chi connectivity index (χ0) is 21.3. The van der Waals surface area contributed by atoms with E-state index in [9.17, 15) is 14.4 Å². The quantitative estimate of drug-likeness (QED) is 0.788. The average molecular weight is 425 g/mol. The van der Waals surface area contributed by atoms with Gasteiger partial charge in [-0.15, -0.1) is 0 Å². The van der Waals surface area contributed by atoms with Crippen LogP contribution >= 0.6 is 0 Å². The first-order valence-electron chi connectivity index (χ1n) is 11.4. The third kappa shape index (κ3) is 2.83. The second-order valence-electron chi connectivity index (χ2n) is 10.2. The minimum atomic E-state index is -0.380. The van der Waals surface area contributed by atoms with Crippen LogP contribution in [0.5, 0.6) is 0 Å². The summed E-state index contributed by atoms with van der Waals surface area (Å²) in [5.74, 6) is 0.822. The molecule has 5 fully saturated rings. The number of amides is 2. The zero-order valence-corrected chi connectivity index (χ0v) is 17.5. The number of nitrogens with two attached hydrogens (primary N) is 1. The molecule has 4 saturated carbocycles. The Balaban J connectivity index is 1.16. The lowest BCUT2D eigenvalue weighted by Crippen LogP contribution is -2.59. The fourth-order valence-electron chi connectivity index (χ4n) is 7.22. The molecule has 0 radical (unpaired) electrons. The number of imidazole rings is 1. The molecule has 4 bridgehead atoms. The molecule has 1 aromatic carbocycles. The van der Waals surface area contributed by atoms with Crippen molar-refractivity contribution >= 4 is 23.0 Å². The summed E-state index contributed by atoms with van der Waals surface area (Å²) >= 11 is 0. The van der Waals surface area contributed by atoms with E-state index in [0.29, 0.717) is 19.0 Å². The molecule has 2 aromatic rings. The summed E-state index contributed by atoms with van der Waals surface area (Å²) in [7, 11) is 0. The maximum absolute atomic E-state index is 13.0. The number of nitrogens with zero attached hydrogens (tertiary/aromatic N) is 2. The van der Waals surface area contributed by atoms with E-state index < -0.39 is 0 Å². The molecule has 0 spiro atoms.